The lowest BCUT2D eigenvalue weighted by molar-refractivity contribution is -0.119. The van der Waals surface area contributed by atoms with E-state index >= 15 is 0 Å². The van der Waals surface area contributed by atoms with Crippen LogP contribution in [0.4, 0.5) is 5.69 Å². The summed E-state index contributed by atoms with van der Waals surface area (Å²) in [4.78, 5) is 29.5. The number of carbonyl (C=O) groups is 2. The molecule has 2 aromatic carbocycles. The maximum atomic E-state index is 13.1. The second-order valence-corrected chi connectivity index (χ2v) is 6.92. The molecule has 2 heterocycles. The first kappa shape index (κ1) is 19.3. The molecule has 1 aromatic heterocycles. The van der Waals surface area contributed by atoms with E-state index in [4.69, 9.17) is 5.73 Å². The summed E-state index contributed by atoms with van der Waals surface area (Å²) in [5.74, 6) is -0.895. The molecule has 7 heteroatoms. The molecular formula is C23H21N5O2. The minimum Gasteiger partial charge on any atom is -0.368 e. The van der Waals surface area contributed by atoms with Crippen LogP contribution in [0.5, 0.6) is 0 Å². The van der Waals surface area contributed by atoms with Crippen LogP contribution in [-0.2, 0) is 9.59 Å². The van der Waals surface area contributed by atoms with Gasteiger partial charge >= 0.3 is 0 Å². The molecule has 0 bridgehead atoms. The van der Waals surface area contributed by atoms with E-state index in [1.165, 1.54) is 5.01 Å². The SMILES string of the molecule is NC(=O)[C@H]1CC(C(=O)N[C@H](c2ccccc2)c2ccccn2)=NN1c1ccccc1. The summed E-state index contributed by atoms with van der Waals surface area (Å²) in [6, 6.07) is 23.2. The zero-order valence-corrected chi connectivity index (χ0v) is 16.2. The fourth-order valence-electron chi connectivity index (χ4n) is 3.42. The van der Waals surface area contributed by atoms with Crippen molar-refractivity contribution in [3.8, 4) is 0 Å². The standard InChI is InChI=1S/C23H21N5O2/c24-22(29)20-15-19(27-28(20)17-11-5-2-6-12-17)23(30)26-21(16-9-3-1-4-10-16)18-13-7-8-14-25-18/h1-14,20-21H,15H2,(H2,24,29)(H,26,30)/t20-,21-/m1/s1. The first-order valence-corrected chi connectivity index (χ1v) is 9.61. The summed E-state index contributed by atoms with van der Waals surface area (Å²) in [7, 11) is 0. The number of aromatic nitrogens is 1. The number of rotatable bonds is 6. The van der Waals surface area contributed by atoms with Gasteiger partial charge in [0.1, 0.15) is 11.8 Å². The van der Waals surface area contributed by atoms with Crippen LogP contribution in [-0.4, -0.2) is 28.6 Å². The van der Waals surface area contributed by atoms with Crippen LogP contribution in [0, 0.1) is 0 Å². The first-order chi connectivity index (χ1) is 14.6. The van der Waals surface area contributed by atoms with Gasteiger partial charge in [0, 0.05) is 12.6 Å². The van der Waals surface area contributed by atoms with Gasteiger partial charge in [-0.15, -0.1) is 0 Å². The van der Waals surface area contributed by atoms with Crippen molar-refractivity contribution >= 4 is 23.2 Å². The molecule has 1 aliphatic rings. The van der Waals surface area contributed by atoms with Gasteiger partial charge in [0.2, 0.25) is 5.91 Å². The Labute approximate surface area is 174 Å². The normalized spacial score (nSPS) is 16.6. The van der Waals surface area contributed by atoms with Gasteiger partial charge in [-0.05, 0) is 29.8 Å². The Morgan fingerprint density at radius 1 is 0.967 bits per heavy atom. The molecule has 0 aliphatic carbocycles. The first-order valence-electron chi connectivity index (χ1n) is 9.61. The number of carbonyl (C=O) groups excluding carboxylic acids is 2. The predicted molar refractivity (Wildman–Crippen MR) is 115 cm³/mol. The van der Waals surface area contributed by atoms with Crippen LogP contribution < -0.4 is 16.1 Å². The number of amides is 2. The molecule has 30 heavy (non-hydrogen) atoms. The van der Waals surface area contributed by atoms with Crippen molar-refractivity contribution in [2.45, 2.75) is 18.5 Å². The van der Waals surface area contributed by atoms with Gasteiger partial charge in [-0.3, -0.25) is 19.6 Å². The largest absolute Gasteiger partial charge is 0.368 e. The molecule has 4 rings (SSSR count). The minimum absolute atomic E-state index is 0.139. The van der Waals surface area contributed by atoms with Gasteiger partial charge in [-0.2, -0.15) is 5.10 Å². The van der Waals surface area contributed by atoms with E-state index in [1.54, 1.807) is 6.20 Å². The van der Waals surface area contributed by atoms with Crippen LogP contribution >= 0.6 is 0 Å². The van der Waals surface area contributed by atoms with Crippen molar-refractivity contribution in [1.82, 2.24) is 10.3 Å². The smallest absolute Gasteiger partial charge is 0.268 e. The molecule has 2 atom stereocenters. The molecule has 0 spiro atoms. The summed E-state index contributed by atoms with van der Waals surface area (Å²) < 4.78 is 0. The topological polar surface area (TPSA) is 101 Å². The maximum Gasteiger partial charge on any atom is 0.268 e. The lowest BCUT2D eigenvalue weighted by Crippen LogP contribution is -2.40. The Morgan fingerprint density at radius 3 is 2.27 bits per heavy atom. The molecule has 3 aromatic rings. The van der Waals surface area contributed by atoms with Crippen LogP contribution in [0.15, 0.2) is 90.2 Å². The summed E-state index contributed by atoms with van der Waals surface area (Å²) in [5, 5.41) is 8.94. The van der Waals surface area contributed by atoms with Gasteiger partial charge in [0.25, 0.3) is 5.91 Å². The predicted octanol–water partition coefficient (Wildman–Crippen LogP) is 2.41. The highest BCUT2D eigenvalue weighted by atomic mass is 16.2. The van der Waals surface area contributed by atoms with Gasteiger partial charge in [-0.25, -0.2) is 0 Å². The number of hydrogen-bond acceptors (Lipinski definition) is 5. The fourth-order valence-corrected chi connectivity index (χ4v) is 3.42. The minimum atomic E-state index is -0.710. The van der Waals surface area contributed by atoms with E-state index < -0.39 is 18.0 Å². The summed E-state index contributed by atoms with van der Waals surface area (Å²) in [6.07, 6.45) is 1.82. The summed E-state index contributed by atoms with van der Waals surface area (Å²) in [5.41, 5.74) is 8.14. The number of hydrogen-bond donors (Lipinski definition) is 2. The molecule has 0 unspecified atom stereocenters. The van der Waals surface area contributed by atoms with E-state index in [9.17, 15) is 9.59 Å². The van der Waals surface area contributed by atoms with Crippen LogP contribution in [0.3, 0.4) is 0 Å². The molecule has 3 N–H and O–H groups in total. The Kier molecular flexibility index (Phi) is 5.52. The van der Waals surface area contributed by atoms with Gasteiger partial charge < -0.3 is 11.1 Å². The van der Waals surface area contributed by atoms with Gasteiger partial charge in [0.15, 0.2) is 0 Å². The number of para-hydroxylation sites is 1. The molecule has 0 radical (unpaired) electrons. The number of primary amides is 1. The number of pyridine rings is 1. The average molecular weight is 399 g/mol. The zero-order valence-electron chi connectivity index (χ0n) is 16.2. The molecule has 0 saturated heterocycles. The number of hydrazone groups is 1. The van der Waals surface area contributed by atoms with Crippen LogP contribution in [0.25, 0.3) is 0 Å². The third kappa shape index (κ3) is 4.05. The van der Waals surface area contributed by atoms with Crippen molar-refractivity contribution in [3.05, 3.63) is 96.3 Å². The Morgan fingerprint density at radius 2 is 1.63 bits per heavy atom. The molecular weight excluding hydrogens is 378 g/mol. The summed E-state index contributed by atoms with van der Waals surface area (Å²) in [6.45, 7) is 0. The fraction of sp³-hybridized carbons (Fsp3) is 0.130. The number of nitrogens with two attached hydrogens (primary N) is 1. The highest BCUT2D eigenvalue weighted by molar-refractivity contribution is 6.40. The van der Waals surface area contributed by atoms with E-state index in [2.05, 4.69) is 15.4 Å². The third-order valence-electron chi connectivity index (χ3n) is 4.91. The number of nitrogens with zero attached hydrogens (tertiary/aromatic N) is 3. The monoisotopic (exact) mass is 399 g/mol. The second-order valence-electron chi connectivity index (χ2n) is 6.92. The molecule has 2 amide bonds. The number of nitrogens with one attached hydrogen (secondary N) is 1. The van der Waals surface area contributed by atoms with Gasteiger partial charge in [0.05, 0.1) is 17.4 Å². The summed E-state index contributed by atoms with van der Waals surface area (Å²) >= 11 is 0. The average Bonchev–Trinajstić information content (AvgIpc) is 3.25. The van der Waals surface area contributed by atoms with Crippen molar-refractivity contribution in [2.75, 3.05) is 5.01 Å². The second kappa shape index (κ2) is 8.57. The van der Waals surface area contributed by atoms with Crippen molar-refractivity contribution in [2.24, 2.45) is 10.8 Å². The van der Waals surface area contributed by atoms with Crippen molar-refractivity contribution < 1.29 is 9.59 Å². The lowest BCUT2D eigenvalue weighted by Gasteiger charge is -2.20. The molecule has 0 saturated carbocycles. The van der Waals surface area contributed by atoms with E-state index in [1.807, 2.05) is 78.9 Å². The molecule has 150 valence electrons. The lowest BCUT2D eigenvalue weighted by atomic mass is 10.0. The third-order valence-corrected chi connectivity index (χ3v) is 4.91. The van der Waals surface area contributed by atoms with Gasteiger partial charge in [-0.1, -0.05) is 54.6 Å². The molecule has 1 aliphatic heterocycles. The maximum absolute atomic E-state index is 13.1. The highest BCUT2D eigenvalue weighted by Gasteiger charge is 2.35. The zero-order chi connectivity index (χ0) is 20.9. The molecule has 7 nitrogen and oxygen atoms in total. The van der Waals surface area contributed by atoms with E-state index in [0.29, 0.717) is 11.4 Å². The number of anilines is 1. The van der Waals surface area contributed by atoms with Crippen molar-refractivity contribution in [3.63, 3.8) is 0 Å². The Hall–Kier alpha value is -4.00. The van der Waals surface area contributed by atoms with Crippen LogP contribution in [0.2, 0.25) is 0 Å². The van der Waals surface area contributed by atoms with Crippen LogP contribution in [0.1, 0.15) is 23.7 Å². The Bertz CT molecular complexity index is 1020. The molecule has 0 fully saturated rings. The van der Waals surface area contributed by atoms with E-state index in [-0.39, 0.29) is 18.0 Å². The van der Waals surface area contributed by atoms with Crippen molar-refractivity contribution in [1.29, 1.82) is 0 Å². The Balaban J connectivity index is 1.62. The quantitative estimate of drug-likeness (QED) is 0.665. The highest BCUT2D eigenvalue weighted by Crippen LogP contribution is 2.25. The van der Waals surface area contributed by atoms with E-state index in [0.717, 1.165) is 5.56 Å². The number of benzene rings is 2.